The molecule has 0 aliphatic rings. The number of carbonyl (C=O) groups is 1. The zero-order valence-corrected chi connectivity index (χ0v) is 16.8. The summed E-state index contributed by atoms with van der Waals surface area (Å²) in [6, 6.07) is 13.6. The third-order valence-electron chi connectivity index (χ3n) is 4.00. The molecule has 1 aromatic heterocycles. The molecule has 0 aliphatic carbocycles. The van der Waals surface area contributed by atoms with E-state index in [0.717, 1.165) is 32.8 Å². The zero-order valence-electron chi connectivity index (χ0n) is 13.6. The summed E-state index contributed by atoms with van der Waals surface area (Å²) in [5.41, 5.74) is 2.78. The van der Waals surface area contributed by atoms with Gasteiger partial charge >= 0.3 is 0 Å². The van der Waals surface area contributed by atoms with Crippen molar-refractivity contribution in [2.75, 3.05) is 20.6 Å². The van der Waals surface area contributed by atoms with Crippen LogP contribution in [0.5, 0.6) is 0 Å². The molecular formula is C19H18Br2N2O. The molecule has 0 saturated carbocycles. The van der Waals surface area contributed by atoms with Crippen molar-refractivity contribution in [2.24, 2.45) is 0 Å². The Hall–Kier alpha value is -1.43. The highest BCUT2D eigenvalue weighted by Crippen LogP contribution is 2.27. The van der Waals surface area contributed by atoms with E-state index in [4.69, 9.17) is 0 Å². The number of likely N-dealkylation sites (N-methyl/N-ethyl adjacent to an activating group) is 1. The normalized spacial score (nSPS) is 11.4. The first-order valence-corrected chi connectivity index (χ1v) is 9.29. The molecule has 0 atom stereocenters. The molecule has 3 nitrogen and oxygen atoms in total. The van der Waals surface area contributed by atoms with Crippen LogP contribution in [0.3, 0.4) is 0 Å². The number of rotatable bonds is 4. The third-order valence-corrected chi connectivity index (χ3v) is 5.19. The molecule has 5 heteroatoms. The highest BCUT2D eigenvalue weighted by atomic mass is 79.9. The third kappa shape index (κ3) is 3.48. The highest BCUT2D eigenvalue weighted by molar-refractivity contribution is 9.10. The molecule has 124 valence electrons. The number of benzene rings is 2. The lowest BCUT2D eigenvalue weighted by Gasteiger charge is -2.08. The van der Waals surface area contributed by atoms with Crippen LogP contribution in [0, 0.1) is 0 Å². The minimum Gasteiger partial charge on any atom is -0.309 e. The summed E-state index contributed by atoms with van der Waals surface area (Å²) >= 11 is 7.02. The minimum absolute atomic E-state index is 0.0223. The second-order valence-corrected chi connectivity index (χ2v) is 7.79. The van der Waals surface area contributed by atoms with Gasteiger partial charge in [0.2, 0.25) is 0 Å². The first kappa shape index (κ1) is 17.4. The highest BCUT2D eigenvalue weighted by Gasteiger charge is 2.17. The molecule has 0 N–H and O–H groups in total. The lowest BCUT2D eigenvalue weighted by Crippen LogP contribution is -2.15. The van der Waals surface area contributed by atoms with Gasteiger partial charge in [0.05, 0.1) is 11.1 Å². The van der Waals surface area contributed by atoms with Crippen LogP contribution in [0.15, 0.2) is 57.6 Å². The van der Waals surface area contributed by atoms with E-state index in [9.17, 15) is 4.79 Å². The predicted octanol–water partition coefficient (Wildman–Crippen LogP) is 4.96. The van der Waals surface area contributed by atoms with Crippen LogP contribution in [0.4, 0.5) is 0 Å². The zero-order chi connectivity index (χ0) is 17.3. The van der Waals surface area contributed by atoms with E-state index in [1.54, 1.807) is 4.57 Å². The van der Waals surface area contributed by atoms with Crippen LogP contribution in [0.2, 0.25) is 0 Å². The van der Waals surface area contributed by atoms with Gasteiger partial charge in [-0.1, -0.05) is 28.1 Å². The lowest BCUT2D eigenvalue weighted by molar-refractivity contribution is 0.0964. The summed E-state index contributed by atoms with van der Waals surface area (Å²) in [6.07, 6.45) is 2.87. The monoisotopic (exact) mass is 448 g/mol. The average molecular weight is 450 g/mol. The maximum atomic E-state index is 13.0. The number of aromatic nitrogens is 1. The first-order chi connectivity index (χ1) is 11.5. The van der Waals surface area contributed by atoms with Gasteiger partial charge in [-0.05, 0) is 72.3 Å². The largest absolute Gasteiger partial charge is 0.309 e. The second-order valence-electron chi connectivity index (χ2n) is 6.02. The minimum atomic E-state index is -0.0223. The van der Waals surface area contributed by atoms with E-state index in [1.807, 2.05) is 42.6 Å². The van der Waals surface area contributed by atoms with Gasteiger partial charge in [0.15, 0.2) is 0 Å². The first-order valence-electron chi connectivity index (χ1n) is 7.71. The summed E-state index contributed by atoms with van der Waals surface area (Å²) < 4.78 is 3.59. The molecule has 0 radical (unpaired) electrons. The molecule has 0 amide bonds. The maximum Gasteiger partial charge on any atom is 0.263 e. The van der Waals surface area contributed by atoms with Gasteiger partial charge in [-0.2, -0.15) is 0 Å². The summed E-state index contributed by atoms with van der Waals surface area (Å²) in [4.78, 5) is 15.2. The van der Waals surface area contributed by atoms with Gasteiger partial charge in [-0.25, -0.2) is 0 Å². The van der Waals surface area contributed by atoms with Crippen molar-refractivity contribution in [3.8, 4) is 0 Å². The number of hydrogen-bond acceptors (Lipinski definition) is 2. The van der Waals surface area contributed by atoms with E-state index >= 15 is 0 Å². The Morgan fingerprint density at radius 3 is 2.58 bits per heavy atom. The van der Waals surface area contributed by atoms with Gasteiger partial charge < -0.3 is 4.90 Å². The molecule has 3 rings (SSSR count). The lowest BCUT2D eigenvalue weighted by atomic mass is 10.1. The fourth-order valence-electron chi connectivity index (χ4n) is 2.75. The van der Waals surface area contributed by atoms with Gasteiger partial charge in [0, 0.05) is 27.1 Å². The van der Waals surface area contributed by atoms with Crippen LogP contribution >= 0.6 is 31.9 Å². The van der Waals surface area contributed by atoms with Gasteiger partial charge in [-0.15, -0.1) is 0 Å². The van der Waals surface area contributed by atoms with Gasteiger partial charge in [0.1, 0.15) is 0 Å². The van der Waals surface area contributed by atoms with Crippen molar-refractivity contribution < 1.29 is 4.79 Å². The van der Waals surface area contributed by atoms with Crippen molar-refractivity contribution in [2.45, 2.75) is 6.42 Å². The molecule has 0 unspecified atom stereocenters. The summed E-state index contributed by atoms with van der Waals surface area (Å²) in [6.45, 7) is 0.939. The van der Waals surface area contributed by atoms with Crippen LogP contribution in [0.1, 0.15) is 15.9 Å². The molecule has 0 saturated heterocycles. The Balaban J connectivity index is 2.11. The molecule has 2 aromatic carbocycles. The number of hydrogen-bond donors (Lipinski definition) is 0. The van der Waals surface area contributed by atoms with Crippen molar-refractivity contribution in [3.63, 3.8) is 0 Å². The van der Waals surface area contributed by atoms with Gasteiger partial charge in [0.25, 0.3) is 5.91 Å². The van der Waals surface area contributed by atoms with E-state index < -0.39 is 0 Å². The van der Waals surface area contributed by atoms with Gasteiger partial charge in [-0.3, -0.25) is 9.36 Å². The Kier molecular flexibility index (Phi) is 5.23. The molecule has 1 heterocycles. The van der Waals surface area contributed by atoms with Crippen LogP contribution in [0.25, 0.3) is 10.9 Å². The molecule has 0 fully saturated rings. The predicted molar refractivity (Wildman–Crippen MR) is 106 cm³/mol. The Bertz CT molecular complexity index is 900. The summed E-state index contributed by atoms with van der Waals surface area (Å²) in [5, 5.41) is 1.12. The Labute approximate surface area is 158 Å². The van der Waals surface area contributed by atoms with E-state index in [-0.39, 0.29) is 5.91 Å². The number of fused-ring (bicyclic) bond motifs is 1. The second kappa shape index (κ2) is 7.21. The smallest absolute Gasteiger partial charge is 0.263 e. The van der Waals surface area contributed by atoms with Crippen molar-refractivity contribution >= 4 is 48.7 Å². The number of halogens is 2. The quantitative estimate of drug-likeness (QED) is 0.562. The number of carbonyl (C=O) groups excluding carboxylic acids is 1. The molecular weight excluding hydrogens is 432 g/mol. The van der Waals surface area contributed by atoms with Crippen LogP contribution in [-0.2, 0) is 6.42 Å². The van der Waals surface area contributed by atoms with Crippen molar-refractivity contribution in [3.05, 3.63) is 68.7 Å². The molecule has 0 spiro atoms. The van der Waals surface area contributed by atoms with Crippen LogP contribution in [-0.4, -0.2) is 36.0 Å². The maximum absolute atomic E-state index is 13.0. The fraction of sp³-hybridized carbons (Fsp3) is 0.211. The van der Waals surface area contributed by atoms with Crippen molar-refractivity contribution in [1.29, 1.82) is 0 Å². The summed E-state index contributed by atoms with van der Waals surface area (Å²) in [7, 11) is 4.11. The summed E-state index contributed by atoms with van der Waals surface area (Å²) in [5.74, 6) is -0.0223. The average Bonchev–Trinajstić information content (AvgIpc) is 2.90. The fourth-order valence-corrected chi connectivity index (χ4v) is 3.56. The standard InChI is InChI=1S/C19H18Br2N2O/c1-22(2)10-9-13-12-23(18-8-7-14(20)11-16(13)18)19(24)15-5-3-4-6-17(15)21/h3-8,11-12H,9-10H2,1-2H3. The molecule has 3 aromatic rings. The SMILES string of the molecule is CN(C)CCc1cn(C(=O)c2ccccc2Br)c2ccc(Br)cc12. The molecule has 0 bridgehead atoms. The topological polar surface area (TPSA) is 25.2 Å². The van der Waals surface area contributed by atoms with E-state index in [1.165, 1.54) is 5.56 Å². The number of nitrogens with zero attached hydrogens (tertiary/aromatic N) is 2. The molecule has 0 aliphatic heterocycles. The van der Waals surface area contributed by atoms with Crippen LogP contribution < -0.4 is 0 Å². The van der Waals surface area contributed by atoms with Crippen molar-refractivity contribution in [1.82, 2.24) is 9.47 Å². The van der Waals surface area contributed by atoms with E-state index in [2.05, 4.69) is 56.9 Å². The Morgan fingerprint density at radius 1 is 1.12 bits per heavy atom. The van der Waals surface area contributed by atoms with E-state index in [0.29, 0.717) is 5.56 Å². The molecule has 24 heavy (non-hydrogen) atoms. The Morgan fingerprint density at radius 2 is 1.88 bits per heavy atom.